The van der Waals surface area contributed by atoms with Gasteiger partial charge >= 0.3 is 0 Å². The van der Waals surface area contributed by atoms with Gasteiger partial charge in [-0.1, -0.05) is 46.9 Å². The number of rotatable bonds is 9. The molecule has 2 amide bonds. The predicted octanol–water partition coefficient (Wildman–Crippen LogP) is 3.97. The first kappa shape index (κ1) is 26.3. The molecule has 0 fully saturated rings. The van der Waals surface area contributed by atoms with E-state index in [4.69, 9.17) is 34.8 Å². The van der Waals surface area contributed by atoms with Crippen LogP contribution in [0.25, 0.3) is 0 Å². The summed E-state index contributed by atoms with van der Waals surface area (Å²) in [6.45, 7) is 3.06. The number of hydrogen-bond acceptors (Lipinski definition) is 4. The second-order valence-corrected chi connectivity index (χ2v) is 10.2. The Kier molecular flexibility index (Phi) is 9.21. The Hall–Kier alpha value is -2.00. The second kappa shape index (κ2) is 11.2. The molecule has 0 saturated heterocycles. The Morgan fingerprint density at radius 3 is 2.19 bits per heavy atom. The van der Waals surface area contributed by atoms with E-state index in [0.717, 1.165) is 10.6 Å². The van der Waals surface area contributed by atoms with Gasteiger partial charge in [-0.15, -0.1) is 0 Å². The highest BCUT2D eigenvalue weighted by atomic mass is 35.5. The number of nitrogens with zero attached hydrogens (tertiary/aromatic N) is 2. The van der Waals surface area contributed by atoms with Crippen LogP contribution in [0.2, 0.25) is 15.1 Å². The summed E-state index contributed by atoms with van der Waals surface area (Å²) < 4.78 is 25.9. The van der Waals surface area contributed by atoms with Crippen LogP contribution < -0.4 is 9.62 Å². The lowest BCUT2D eigenvalue weighted by molar-refractivity contribution is -0.139. The summed E-state index contributed by atoms with van der Waals surface area (Å²) in [5.74, 6) is -0.997. The van der Waals surface area contributed by atoms with Crippen molar-refractivity contribution in [2.75, 3.05) is 23.7 Å². The van der Waals surface area contributed by atoms with E-state index in [9.17, 15) is 18.0 Å². The van der Waals surface area contributed by atoms with Crippen LogP contribution in [0.5, 0.6) is 0 Å². The molecular formula is C21H24Cl3N3O4S. The number of nitrogens with one attached hydrogen (secondary N) is 1. The van der Waals surface area contributed by atoms with E-state index in [1.165, 1.54) is 17.0 Å². The summed E-state index contributed by atoms with van der Waals surface area (Å²) in [6, 6.07) is 10.2. The molecule has 2 aromatic carbocycles. The van der Waals surface area contributed by atoms with Crippen molar-refractivity contribution in [3.05, 3.63) is 63.1 Å². The van der Waals surface area contributed by atoms with E-state index >= 15 is 0 Å². The van der Waals surface area contributed by atoms with Crippen molar-refractivity contribution < 1.29 is 18.0 Å². The van der Waals surface area contributed by atoms with Gasteiger partial charge in [0, 0.05) is 33.7 Å². The number of carbonyl (C=O) groups is 2. The van der Waals surface area contributed by atoms with Crippen LogP contribution >= 0.6 is 34.8 Å². The molecule has 0 radical (unpaired) electrons. The maximum Gasteiger partial charge on any atom is 0.244 e. The fraction of sp³-hybridized carbons (Fsp3) is 0.333. The zero-order valence-electron chi connectivity index (χ0n) is 17.8. The van der Waals surface area contributed by atoms with E-state index in [2.05, 4.69) is 5.32 Å². The Morgan fingerprint density at radius 1 is 1.06 bits per heavy atom. The van der Waals surface area contributed by atoms with Crippen LogP contribution in [0.4, 0.5) is 5.69 Å². The lowest BCUT2D eigenvalue weighted by atomic mass is 10.1. The molecule has 0 heterocycles. The van der Waals surface area contributed by atoms with Crippen LogP contribution in [-0.2, 0) is 26.2 Å². The summed E-state index contributed by atoms with van der Waals surface area (Å²) in [5, 5.41) is 3.64. The standard InChI is InChI=1S/C21H24Cl3N3O4S/c1-4-25-21(29)14(2)26(12-17-18(23)9-6-10-19(17)24)20(28)13-27(32(3,30)31)16-8-5-7-15(22)11-16/h5-11,14H,4,12-13H2,1-3H3,(H,25,29). The van der Waals surface area contributed by atoms with Gasteiger partial charge in [-0.05, 0) is 44.2 Å². The molecule has 0 aliphatic heterocycles. The zero-order chi connectivity index (χ0) is 24.1. The minimum atomic E-state index is -3.83. The molecule has 0 saturated carbocycles. The number of carbonyl (C=O) groups excluding carboxylic acids is 2. The van der Waals surface area contributed by atoms with Crippen molar-refractivity contribution in [2.45, 2.75) is 26.4 Å². The average Bonchev–Trinajstić information content (AvgIpc) is 2.70. The van der Waals surface area contributed by atoms with E-state index in [0.29, 0.717) is 27.2 Å². The molecule has 1 N–H and O–H groups in total. The molecular weight excluding hydrogens is 497 g/mol. The average molecular weight is 521 g/mol. The van der Waals surface area contributed by atoms with Crippen molar-refractivity contribution in [3.8, 4) is 0 Å². The first-order valence-electron chi connectivity index (χ1n) is 9.69. The second-order valence-electron chi connectivity index (χ2n) is 7.04. The maximum absolute atomic E-state index is 13.4. The van der Waals surface area contributed by atoms with Gasteiger partial charge in [0.05, 0.1) is 11.9 Å². The summed E-state index contributed by atoms with van der Waals surface area (Å²) in [6.07, 6.45) is 0.990. The molecule has 32 heavy (non-hydrogen) atoms. The quantitative estimate of drug-likeness (QED) is 0.542. The number of halogens is 3. The van der Waals surface area contributed by atoms with Gasteiger partial charge in [0.25, 0.3) is 0 Å². The van der Waals surface area contributed by atoms with Crippen molar-refractivity contribution in [1.82, 2.24) is 10.2 Å². The SMILES string of the molecule is CCNC(=O)C(C)N(Cc1c(Cl)cccc1Cl)C(=O)CN(c1cccc(Cl)c1)S(C)(=O)=O. The molecule has 7 nitrogen and oxygen atoms in total. The third-order valence-electron chi connectivity index (χ3n) is 4.68. The highest BCUT2D eigenvalue weighted by molar-refractivity contribution is 7.92. The number of anilines is 1. The summed E-state index contributed by atoms with van der Waals surface area (Å²) in [4.78, 5) is 27.1. The van der Waals surface area contributed by atoms with E-state index < -0.39 is 34.4 Å². The summed E-state index contributed by atoms with van der Waals surface area (Å²) >= 11 is 18.6. The molecule has 11 heteroatoms. The topological polar surface area (TPSA) is 86.8 Å². The molecule has 0 aliphatic carbocycles. The van der Waals surface area contributed by atoms with Gasteiger partial charge in [0.2, 0.25) is 21.8 Å². The lowest BCUT2D eigenvalue weighted by Crippen LogP contribution is -2.51. The predicted molar refractivity (Wildman–Crippen MR) is 129 cm³/mol. The summed E-state index contributed by atoms with van der Waals surface area (Å²) in [5.41, 5.74) is 0.684. The minimum Gasteiger partial charge on any atom is -0.355 e. The Morgan fingerprint density at radius 2 is 1.66 bits per heavy atom. The third-order valence-corrected chi connectivity index (χ3v) is 6.77. The van der Waals surface area contributed by atoms with E-state index in [1.54, 1.807) is 44.2 Å². The molecule has 0 aromatic heterocycles. The fourth-order valence-electron chi connectivity index (χ4n) is 3.00. The van der Waals surface area contributed by atoms with E-state index in [-0.39, 0.29) is 12.2 Å². The van der Waals surface area contributed by atoms with Gasteiger partial charge in [-0.25, -0.2) is 8.42 Å². The molecule has 2 rings (SSSR count). The molecule has 0 spiro atoms. The zero-order valence-corrected chi connectivity index (χ0v) is 20.9. The Labute approximate surface area is 203 Å². The normalized spacial score (nSPS) is 12.2. The number of amides is 2. The number of benzene rings is 2. The maximum atomic E-state index is 13.4. The van der Waals surface area contributed by atoms with Gasteiger partial charge in [0.1, 0.15) is 12.6 Å². The van der Waals surface area contributed by atoms with Crippen LogP contribution in [0, 0.1) is 0 Å². The van der Waals surface area contributed by atoms with Crippen molar-refractivity contribution >= 4 is 62.3 Å². The molecule has 1 atom stereocenters. The first-order chi connectivity index (χ1) is 15.0. The van der Waals surface area contributed by atoms with Gasteiger partial charge in [-0.3, -0.25) is 13.9 Å². The molecule has 0 aliphatic rings. The van der Waals surface area contributed by atoms with Crippen molar-refractivity contribution in [3.63, 3.8) is 0 Å². The van der Waals surface area contributed by atoms with Crippen molar-refractivity contribution in [2.24, 2.45) is 0 Å². The monoisotopic (exact) mass is 519 g/mol. The highest BCUT2D eigenvalue weighted by Gasteiger charge is 2.30. The van der Waals surface area contributed by atoms with Gasteiger partial charge in [0.15, 0.2) is 0 Å². The highest BCUT2D eigenvalue weighted by Crippen LogP contribution is 2.27. The minimum absolute atomic E-state index is 0.0806. The molecule has 2 aromatic rings. The summed E-state index contributed by atoms with van der Waals surface area (Å²) in [7, 11) is -3.83. The smallest absolute Gasteiger partial charge is 0.244 e. The Balaban J connectivity index is 2.44. The van der Waals surface area contributed by atoms with Crippen LogP contribution in [0.1, 0.15) is 19.4 Å². The third kappa shape index (κ3) is 6.75. The van der Waals surface area contributed by atoms with Crippen LogP contribution in [-0.4, -0.2) is 50.5 Å². The Bertz CT molecular complexity index is 1080. The van der Waals surface area contributed by atoms with Crippen molar-refractivity contribution in [1.29, 1.82) is 0 Å². The molecule has 174 valence electrons. The lowest BCUT2D eigenvalue weighted by Gasteiger charge is -2.31. The van der Waals surface area contributed by atoms with Crippen LogP contribution in [0.15, 0.2) is 42.5 Å². The largest absolute Gasteiger partial charge is 0.355 e. The number of sulfonamides is 1. The first-order valence-corrected chi connectivity index (χ1v) is 12.7. The van der Waals surface area contributed by atoms with E-state index in [1.807, 2.05) is 0 Å². The van der Waals surface area contributed by atoms with Crippen LogP contribution in [0.3, 0.4) is 0 Å². The van der Waals surface area contributed by atoms with Gasteiger partial charge in [-0.2, -0.15) is 0 Å². The van der Waals surface area contributed by atoms with Gasteiger partial charge < -0.3 is 10.2 Å². The number of hydrogen-bond donors (Lipinski definition) is 1. The number of likely N-dealkylation sites (N-methyl/N-ethyl adjacent to an activating group) is 1. The molecule has 0 bridgehead atoms. The molecule has 1 unspecified atom stereocenters. The fourth-order valence-corrected chi connectivity index (χ4v) is 4.55.